The van der Waals surface area contributed by atoms with Crippen LogP contribution in [-0.2, 0) is 60.1 Å². The number of hydrogen-bond acceptors (Lipinski definition) is 19. The minimum Gasteiger partial charge on any atom is -0.390 e. The second-order valence-electron chi connectivity index (χ2n) is 34.0. The van der Waals surface area contributed by atoms with Crippen molar-refractivity contribution in [3.8, 4) is 12.3 Å². The van der Waals surface area contributed by atoms with Crippen LogP contribution >= 0.6 is 0 Å². The monoisotopic (exact) mass is 1860 g/mol. The van der Waals surface area contributed by atoms with E-state index in [2.05, 4.69) is 38.1 Å². The van der Waals surface area contributed by atoms with Crippen LogP contribution < -0.4 is 42.5 Å². The van der Waals surface area contributed by atoms with Crippen molar-refractivity contribution >= 4 is 73.2 Å². The molecular formula is C100H142N14O16S2. The summed E-state index contributed by atoms with van der Waals surface area (Å²) in [5.41, 5.74) is 13.0. The summed E-state index contributed by atoms with van der Waals surface area (Å²) in [6.45, 7) is 27.8. The topological polar surface area (TPSA) is 426 Å². The quantitative estimate of drug-likeness (QED) is 0.0125. The van der Waals surface area contributed by atoms with Gasteiger partial charge >= 0.3 is 0 Å². The second kappa shape index (κ2) is 58.0. The van der Waals surface area contributed by atoms with Crippen molar-refractivity contribution in [2.75, 3.05) is 79.0 Å². The van der Waals surface area contributed by atoms with Gasteiger partial charge in [0.25, 0.3) is 35.4 Å². The Hall–Kier alpha value is -11.1. The van der Waals surface area contributed by atoms with Crippen LogP contribution in [0.15, 0.2) is 186 Å². The molecule has 0 spiro atoms. The minimum atomic E-state index is -4.25. The van der Waals surface area contributed by atoms with Gasteiger partial charge in [-0.2, -0.15) is 0 Å². The zero-order chi connectivity index (χ0) is 97.6. The molecule has 7 aromatic carbocycles. The Balaban J connectivity index is 0.000000350. The summed E-state index contributed by atoms with van der Waals surface area (Å²) in [6, 6.07) is 47.3. The predicted octanol–water partition coefficient (Wildman–Crippen LogP) is 10.4. The van der Waals surface area contributed by atoms with Gasteiger partial charge in [-0.25, -0.2) is 42.1 Å². The standard InChI is InChI=1S/C35H42N4O4.C33H51N5O6S.C32H49N5O6S/c1-5-18-39(19-6-2)35(43)30-21-26(7-3)20-29(24-30)34(42)36-31(22-27-14-10-8-11-15-27)32(40)25-38(4)37-33(41)23-28-16-12-9-13-17-28;1-6-9-17-38(36-31(40)18-24(4)5)23-30(39)29(19-25-13-11-10-12-14-25)35-32(41)26-20-27(22-28(21-26)45(34,43)44)33(42)37(15-7-2)16-8-3;1-6-14-36(15-7-2)32(41)26-19-25(20-27(21-26)44(33,42)43)31(40)34-28(18-24-12-10-9-11-13-24)29(38)22-37(16-8-3)35-30(39)17-23(4)5/h3,8-17,20-21,24,31-32,40H,5-6,18-19,22-23,25H2,1-2,4H3,(H,36,42)(H,37,41);10-14,20-22,24,29-30,39H,6-9,15-19,23H2,1-5H3,(H,35,41)(H,36,40)(H2,34,43,44);9-13,19-21,23,28-29,38H,6-8,14-18,22H2,1-5H3,(H,34,40)(H,35,39)(H2,33,42,43). The Morgan fingerprint density at radius 1 is 0.371 bits per heavy atom. The number of primary sulfonamides is 2. The summed E-state index contributed by atoms with van der Waals surface area (Å²) in [7, 11) is -6.83. The molecule has 7 aromatic rings. The number of hydrazine groups is 3. The van der Waals surface area contributed by atoms with Gasteiger partial charge in [-0.1, -0.05) is 217 Å². The maximum Gasteiger partial charge on any atom is 0.253 e. The van der Waals surface area contributed by atoms with Gasteiger partial charge in [0.05, 0.1) is 52.6 Å². The Morgan fingerprint density at radius 3 is 0.962 bits per heavy atom. The molecule has 13 N–H and O–H groups in total. The number of amides is 9. The van der Waals surface area contributed by atoms with E-state index in [-0.39, 0.29) is 112 Å². The molecule has 0 aromatic heterocycles. The van der Waals surface area contributed by atoms with Crippen LogP contribution in [0.3, 0.4) is 0 Å². The molecule has 30 nitrogen and oxygen atoms in total. The average Bonchev–Trinajstić information content (AvgIpc) is 0.800. The summed E-state index contributed by atoms with van der Waals surface area (Å²) in [5, 5.41) is 58.5. The van der Waals surface area contributed by atoms with Crippen LogP contribution in [0.5, 0.6) is 0 Å². The summed E-state index contributed by atoms with van der Waals surface area (Å²) in [5.74, 6) is -0.446. The number of likely N-dealkylation sites (N-methyl/N-ethyl adjacent to an activating group) is 1. The highest BCUT2D eigenvalue weighted by Gasteiger charge is 2.32. The van der Waals surface area contributed by atoms with Crippen LogP contribution in [0.25, 0.3) is 0 Å². The Bertz CT molecular complexity index is 5050. The molecule has 0 saturated carbocycles. The van der Waals surface area contributed by atoms with Gasteiger partial charge in [0.1, 0.15) is 0 Å². The first kappa shape index (κ1) is 111. The third-order valence-corrected chi connectivity index (χ3v) is 22.8. The first-order valence-electron chi connectivity index (χ1n) is 45.9. The van der Waals surface area contributed by atoms with Gasteiger partial charge in [-0.05, 0) is 159 Å². The molecule has 0 aliphatic carbocycles. The van der Waals surface area contributed by atoms with E-state index in [0.29, 0.717) is 115 Å². The van der Waals surface area contributed by atoms with E-state index in [1.165, 1.54) is 29.3 Å². The van der Waals surface area contributed by atoms with Crippen LogP contribution in [0.1, 0.15) is 244 Å². The molecule has 132 heavy (non-hydrogen) atoms. The molecule has 0 fully saturated rings. The molecule has 0 heterocycles. The first-order chi connectivity index (χ1) is 62.8. The number of rotatable bonds is 52. The van der Waals surface area contributed by atoms with E-state index in [4.69, 9.17) is 16.7 Å². The molecule has 6 unspecified atom stereocenters. The fraction of sp³-hybridized carbons (Fsp3) is 0.470. The molecule has 0 saturated heterocycles. The zero-order valence-corrected chi connectivity index (χ0v) is 80.8. The average molecular weight is 1860 g/mol. The maximum atomic E-state index is 13.7. The number of aliphatic hydroxyl groups excluding tert-OH is 3. The number of nitrogens with zero attached hydrogens (tertiary/aromatic N) is 6. The van der Waals surface area contributed by atoms with Gasteiger partial charge < -0.3 is 46.0 Å². The van der Waals surface area contributed by atoms with Crippen molar-refractivity contribution in [3.63, 3.8) is 0 Å². The molecular weight excluding hydrogens is 1720 g/mol. The van der Waals surface area contributed by atoms with Crippen molar-refractivity contribution < 1.29 is 75.3 Å². The molecule has 32 heteroatoms. The Labute approximate surface area is 782 Å². The second-order valence-corrected chi connectivity index (χ2v) is 37.1. The summed E-state index contributed by atoms with van der Waals surface area (Å²) in [4.78, 5) is 123. The van der Waals surface area contributed by atoms with Gasteiger partial charge in [0, 0.05) is 131 Å². The van der Waals surface area contributed by atoms with E-state index in [9.17, 15) is 75.3 Å². The van der Waals surface area contributed by atoms with Crippen LogP contribution in [0, 0.1) is 24.2 Å². The van der Waals surface area contributed by atoms with Crippen molar-refractivity contribution in [2.24, 2.45) is 22.1 Å². The lowest BCUT2D eigenvalue weighted by Gasteiger charge is -2.30. The smallest absolute Gasteiger partial charge is 0.253 e. The van der Waals surface area contributed by atoms with Crippen molar-refractivity contribution in [3.05, 3.63) is 237 Å². The van der Waals surface area contributed by atoms with Crippen LogP contribution in [0.4, 0.5) is 0 Å². The number of benzene rings is 7. The fourth-order valence-corrected chi connectivity index (χ4v) is 15.9. The number of terminal acetylenes is 1. The molecule has 0 bridgehead atoms. The van der Waals surface area contributed by atoms with Gasteiger partial charge in [0.15, 0.2) is 0 Å². The summed E-state index contributed by atoms with van der Waals surface area (Å²) >= 11 is 0. The largest absolute Gasteiger partial charge is 0.390 e. The van der Waals surface area contributed by atoms with E-state index < -0.39 is 86.0 Å². The fourth-order valence-electron chi connectivity index (χ4n) is 14.7. The maximum absolute atomic E-state index is 13.7. The van der Waals surface area contributed by atoms with Crippen LogP contribution in [-0.4, -0.2) is 231 Å². The number of aliphatic hydroxyl groups is 3. The normalized spacial score (nSPS) is 12.7. The van der Waals surface area contributed by atoms with Crippen LogP contribution in [0.2, 0.25) is 0 Å². The molecule has 0 aliphatic rings. The minimum absolute atomic E-state index is 0.0331. The number of carbonyl (C=O) groups excluding carboxylic acids is 9. The number of nitrogens with two attached hydrogens (primary N) is 2. The van der Waals surface area contributed by atoms with E-state index in [1.807, 2.05) is 204 Å². The van der Waals surface area contributed by atoms with Crippen molar-refractivity contribution in [1.82, 2.24) is 62.0 Å². The molecule has 6 atom stereocenters. The Kier molecular flexibility index (Phi) is 49.0. The molecule has 7 rings (SSSR count). The van der Waals surface area contributed by atoms with Crippen molar-refractivity contribution in [1.29, 1.82) is 0 Å². The third kappa shape index (κ3) is 39.8. The molecule has 9 amide bonds. The first-order valence-corrected chi connectivity index (χ1v) is 49.0. The van der Waals surface area contributed by atoms with Gasteiger partial charge in [-0.3, -0.25) is 59.4 Å². The van der Waals surface area contributed by atoms with Gasteiger partial charge in [0.2, 0.25) is 37.8 Å². The number of unbranched alkanes of at least 4 members (excludes halogenated alkanes) is 1. The Morgan fingerprint density at radius 2 is 0.659 bits per heavy atom. The number of hydrogen-bond donors (Lipinski definition) is 11. The van der Waals surface area contributed by atoms with E-state index in [0.717, 1.165) is 60.1 Å². The van der Waals surface area contributed by atoms with E-state index >= 15 is 0 Å². The molecule has 0 radical (unpaired) electrons. The lowest BCUT2D eigenvalue weighted by Crippen LogP contribution is -2.53. The highest BCUT2D eigenvalue weighted by atomic mass is 32.2. The highest BCUT2D eigenvalue weighted by Crippen LogP contribution is 2.23. The van der Waals surface area contributed by atoms with Gasteiger partial charge in [-0.15, -0.1) is 6.42 Å². The lowest BCUT2D eigenvalue weighted by atomic mass is 9.99. The molecule has 0 aliphatic heterocycles. The highest BCUT2D eigenvalue weighted by molar-refractivity contribution is 7.89. The number of sulfonamides is 2. The molecule has 720 valence electrons. The number of carbonyl (C=O) groups is 9. The SMILES string of the molecule is C#Cc1cc(C(=O)NC(Cc2ccccc2)C(O)CN(C)NC(=O)Cc2ccccc2)cc(C(=O)N(CCC)CCC)c1.CCCCN(CC(O)C(Cc1ccccc1)NC(=O)c1cc(C(=O)N(CCC)CCC)cc(S(N)(=O)=O)c1)NC(=O)CC(C)C.CCCN(CC(O)C(Cc1ccccc1)NC(=O)c1cc(C(=O)N(CCC)CCC)cc(S(N)(=O)=O)c1)NC(=O)CC(C)C. The lowest BCUT2D eigenvalue weighted by molar-refractivity contribution is -0.128. The van der Waals surface area contributed by atoms with E-state index in [1.54, 1.807) is 50.0 Å². The zero-order valence-electron chi connectivity index (χ0n) is 79.1. The number of nitrogens with one attached hydrogen (secondary N) is 6. The third-order valence-electron chi connectivity index (χ3n) is 21.0. The van der Waals surface area contributed by atoms with Crippen molar-refractivity contribution in [2.45, 2.75) is 226 Å². The summed E-state index contributed by atoms with van der Waals surface area (Å²) in [6.07, 6.45) is 11.0. The predicted molar refractivity (Wildman–Crippen MR) is 516 cm³/mol. The summed E-state index contributed by atoms with van der Waals surface area (Å²) < 4.78 is 49.5.